The maximum atomic E-state index is 10.2. The van der Waals surface area contributed by atoms with Crippen LogP contribution in [0.2, 0.25) is 0 Å². The zero-order valence-corrected chi connectivity index (χ0v) is 12.6. The van der Waals surface area contributed by atoms with E-state index in [1.54, 1.807) is 22.8 Å². The van der Waals surface area contributed by atoms with Gasteiger partial charge in [-0.15, -0.1) is 0 Å². The van der Waals surface area contributed by atoms with Gasteiger partial charge in [-0.3, -0.25) is 0 Å². The first-order chi connectivity index (χ1) is 11.3. The van der Waals surface area contributed by atoms with Crippen LogP contribution >= 0.6 is 0 Å². The minimum Gasteiger partial charge on any atom is -0.507 e. The van der Waals surface area contributed by atoms with Gasteiger partial charge < -0.3 is 5.11 Å². The van der Waals surface area contributed by atoms with Crippen molar-refractivity contribution in [2.24, 2.45) is 0 Å². The first-order valence-electron chi connectivity index (χ1n) is 7.44. The highest BCUT2D eigenvalue weighted by molar-refractivity contribution is 5.74. The molecule has 0 bridgehead atoms. The Morgan fingerprint density at radius 2 is 1.65 bits per heavy atom. The van der Waals surface area contributed by atoms with Gasteiger partial charge in [0.05, 0.1) is 11.4 Å². The molecule has 0 atom stereocenters. The molecule has 2 aromatic carbocycles. The summed E-state index contributed by atoms with van der Waals surface area (Å²) in [6, 6.07) is 19.2. The van der Waals surface area contributed by atoms with Crippen molar-refractivity contribution >= 4 is 5.65 Å². The molecule has 0 saturated heterocycles. The normalized spacial score (nSPS) is 11.0. The number of phenolic OH excluding ortho intramolecular Hbond substituents is 1. The lowest BCUT2D eigenvalue weighted by Crippen LogP contribution is -1.96. The zero-order chi connectivity index (χ0) is 15.8. The molecule has 0 fully saturated rings. The van der Waals surface area contributed by atoms with E-state index in [0.717, 1.165) is 33.7 Å². The van der Waals surface area contributed by atoms with Gasteiger partial charge in [-0.05, 0) is 25.1 Å². The van der Waals surface area contributed by atoms with E-state index in [9.17, 15) is 5.11 Å². The minimum atomic E-state index is 0.231. The summed E-state index contributed by atoms with van der Waals surface area (Å²) >= 11 is 0. The van der Waals surface area contributed by atoms with Crippen molar-refractivity contribution in [2.45, 2.75) is 6.92 Å². The molecular formula is C19H15N3O. The molecule has 1 N–H and O–H groups in total. The van der Waals surface area contributed by atoms with E-state index in [-0.39, 0.29) is 5.75 Å². The third-order valence-electron chi connectivity index (χ3n) is 3.98. The molecule has 0 aliphatic carbocycles. The van der Waals surface area contributed by atoms with E-state index >= 15 is 0 Å². The summed E-state index contributed by atoms with van der Waals surface area (Å²) in [6.45, 7) is 2.02. The number of hydrogen-bond acceptors (Lipinski definition) is 3. The van der Waals surface area contributed by atoms with Gasteiger partial charge in [-0.25, -0.2) is 9.50 Å². The standard InChI is InChI=1S/C19H15N3O/c1-13-18(14-7-3-2-4-8-14)21-22-16(11-12-20-19(13)22)15-9-5-6-10-17(15)23/h2-12,23H,1H3. The molecule has 0 unspecified atom stereocenters. The van der Waals surface area contributed by atoms with Crippen LogP contribution in [0, 0.1) is 6.92 Å². The number of fused-ring (bicyclic) bond motifs is 1. The fraction of sp³-hybridized carbons (Fsp3) is 0.0526. The van der Waals surface area contributed by atoms with Gasteiger partial charge in [0.1, 0.15) is 5.75 Å². The SMILES string of the molecule is Cc1c(-c2ccccc2)nn2c(-c3ccccc3O)ccnc12. The molecule has 112 valence electrons. The predicted octanol–water partition coefficient (Wildman–Crippen LogP) is 4.08. The molecule has 4 aromatic rings. The summed E-state index contributed by atoms with van der Waals surface area (Å²) in [4.78, 5) is 4.46. The van der Waals surface area contributed by atoms with E-state index < -0.39 is 0 Å². The van der Waals surface area contributed by atoms with Crippen LogP contribution in [0.4, 0.5) is 0 Å². The Labute approximate surface area is 133 Å². The molecule has 4 rings (SSSR count). The molecule has 0 aliphatic rings. The van der Waals surface area contributed by atoms with Gasteiger partial charge in [-0.1, -0.05) is 42.5 Å². The third-order valence-corrected chi connectivity index (χ3v) is 3.98. The number of phenols is 1. The van der Waals surface area contributed by atoms with Gasteiger partial charge in [0.15, 0.2) is 5.65 Å². The fourth-order valence-corrected chi connectivity index (χ4v) is 2.82. The highest BCUT2D eigenvalue weighted by atomic mass is 16.3. The largest absolute Gasteiger partial charge is 0.507 e. The Bertz CT molecular complexity index is 990. The minimum absolute atomic E-state index is 0.231. The number of para-hydroxylation sites is 1. The second kappa shape index (κ2) is 5.25. The quantitative estimate of drug-likeness (QED) is 0.607. The maximum absolute atomic E-state index is 10.2. The van der Waals surface area contributed by atoms with Crippen LogP contribution in [0.3, 0.4) is 0 Å². The molecular weight excluding hydrogens is 286 g/mol. The van der Waals surface area contributed by atoms with Crippen molar-refractivity contribution in [1.82, 2.24) is 14.6 Å². The number of aromatic nitrogens is 3. The molecule has 4 nitrogen and oxygen atoms in total. The second-order valence-electron chi connectivity index (χ2n) is 5.42. The first-order valence-corrected chi connectivity index (χ1v) is 7.44. The highest BCUT2D eigenvalue weighted by Gasteiger charge is 2.15. The van der Waals surface area contributed by atoms with Crippen molar-refractivity contribution in [3.05, 3.63) is 72.4 Å². The lowest BCUT2D eigenvalue weighted by atomic mass is 10.1. The summed E-state index contributed by atoms with van der Waals surface area (Å²) in [5, 5.41) is 14.9. The number of benzene rings is 2. The van der Waals surface area contributed by atoms with Gasteiger partial charge in [-0.2, -0.15) is 5.10 Å². The van der Waals surface area contributed by atoms with E-state index in [1.807, 2.05) is 55.5 Å². The molecule has 0 saturated carbocycles. The summed E-state index contributed by atoms with van der Waals surface area (Å²) in [6.07, 6.45) is 1.75. The van der Waals surface area contributed by atoms with Crippen molar-refractivity contribution in [1.29, 1.82) is 0 Å². The van der Waals surface area contributed by atoms with Crippen LogP contribution in [-0.2, 0) is 0 Å². The summed E-state index contributed by atoms with van der Waals surface area (Å²) in [7, 11) is 0. The van der Waals surface area contributed by atoms with Gasteiger partial charge in [0, 0.05) is 22.9 Å². The Hall–Kier alpha value is -3.14. The number of aromatic hydroxyl groups is 1. The zero-order valence-electron chi connectivity index (χ0n) is 12.6. The molecule has 0 aliphatic heterocycles. The molecule has 2 heterocycles. The molecule has 4 heteroatoms. The number of rotatable bonds is 2. The van der Waals surface area contributed by atoms with Crippen molar-refractivity contribution in [3.63, 3.8) is 0 Å². The molecule has 0 amide bonds. The van der Waals surface area contributed by atoms with Crippen LogP contribution in [0.5, 0.6) is 5.75 Å². The average molecular weight is 301 g/mol. The monoisotopic (exact) mass is 301 g/mol. The van der Waals surface area contributed by atoms with Gasteiger partial charge in [0.2, 0.25) is 0 Å². The molecule has 2 aromatic heterocycles. The molecule has 23 heavy (non-hydrogen) atoms. The fourth-order valence-electron chi connectivity index (χ4n) is 2.82. The Morgan fingerprint density at radius 3 is 2.43 bits per heavy atom. The topological polar surface area (TPSA) is 50.4 Å². The molecule has 0 radical (unpaired) electrons. The van der Waals surface area contributed by atoms with Crippen molar-refractivity contribution < 1.29 is 5.11 Å². The third kappa shape index (κ3) is 2.16. The number of aryl methyl sites for hydroxylation is 1. The lowest BCUT2D eigenvalue weighted by Gasteiger charge is -2.06. The summed E-state index contributed by atoms with van der Waals surface area (Å²) < 4.78 is 1.80. The van der Waals surface area contributed by atoms with Crippen LogP contribution in [0.15, 0.2) is 66.9 Å². The van der Waals surface area contributed by atoms with Crippen LogP contribution in [0.25, 0.3) is 28.2 Å². The predicted molar refractivity (Wildman–Crippen MR) is 90.3 cm³/mol. The Morgan fingerprint density at radius 1 is 0.913 bits per heavy atom. The Balaban J connectivity index is 2.01. The van der Waals surface area contributed by atoms with Crippen LogP contribution < -0.4 is 0 Å². The van der Waals surface area contributed by atoms with E-state index in [1.165, 1.54) is 0 Å². The van der Waals surface area contributed by atoms with E-state index in [0.29, 0.717) is 0 Å². The molecule has 0 spiro atoms. The van der Waals surface area contributed by atoms with E-state index in [4.69, 9.17) is 5.10 Å². The maximum Gasteiger partial charge on any atom is 0.159 e. The van der Waals surface area contributed by atoms with Gasteiger partial charge in [0.25, 0.3) is 0 Å². The van der Waals surface area contributed by atoms with Crippen LogP contribution in [0.1, 0.15) is 5.56 Å². The Kier molecular flexibility index (Phi) is 3.08. The van der Waals surface area contributed by atoms with Crippen molar-refractivity contribution in [3.8, 4) is 28.3 Å². The number of hydrogen-bond donors (Lipinski definition) is 1. The van der Waals surface area contributed by atoms with Crippen molar-refractivity contribution in [2.75, 3.05) is 0 Å². The van der Waals surface area contributed by atoms with Crippen LogP contribution in [-0.4, -0.2) is 19.7 Å². The van der Waals surface area contributed by atoms with Gasteiger partial charge >= 0.3 is 0 Å². The lowest BCUT2D eigenvalue weighted by molar-refractivity contribution is 0.477. The van der Waals surface area contributed by atoms with E-state index in [2.05, 4.69) is 4.98 Å². The summed E-state index contributed by atoms with van der Waals surface area (Å²) in [5.74, 6) is 0.231. The smallest absolute Gasteiger partial charge is 0.159 e. The first kappa shape index (κ1) is 13.5. The highest BCUT2D eigenvalue weighted by Crippen LogP contribution is 2.31. The summed E-state index contributed by atoms with van der Waals surface area (Å²) in [5.41, 5.74) is 5.33. The second-order valence-corrected chi connectivity index (χ2v) is 5.42. The number of nitrogens with zero attached hydrogens (tertiary/aromatic N) is 3. The average Bonchev–Trinajstić information content (AvgIpc) is 2.93.